The summed E-state index contributed by atoms with van der Waals surface area (Å²) in [6, 6.07) is 13.2. The Labute approximate surface area is 153 Å². The molecule has 26 heavy (non-hydrogen) atoms. The van der Waals surface area contributed by atoms with Gasteiger partial charge in [-0.3, -0.25) is 14.6 Å². The fourth-order valence-electron chi connectivity index (χ4n) is 3.30. The molecule has 0 spiro atoms. The summed E-state index contributed by atoms with van der Waals surface area (Å²) in [7, 11) is 0. The van der Waals surface area contributed by atoms with Crippen LogP contribution < -0.4 is 5.32 Å². The summed E-state index contributed by atoms with van der Waals surface area (Å²) >= 11 is 0. The maximum atomic E-state index is 12.7. The van der Waals surface area contributed by atoms with Crippen LogP contribution in [0.5, 0.6) is 0 Å². The lowest BCUT2D eigenvalue weighted by molar-refractivity contribution is -0.123. The van der Waals surface area contributed by atoms with Crippen molar-refractivity contribution in [2.24, 2.45) is 5.92 Å². The number of hydrogen-bond donors (Lipinski definition) is 1. The van der Waals surface area contributed by atoms with E-state index in [4.69, 9.17) is 0 Å². The molecular weight excluding hydrogens is 326 g/mol. The number of pyridine rings is 1. The van der Waals surface area contributed by atoms with Gasteiger partial charge < -0.3 is 5.32 Å². The van der Waals surface area contributed by atoms with Crippen LogP contribution in [-0.4, -0.2) is 22.7 Å². The van der Waals surface area contributed by atoms with E-state index in [9.17, 15) is 14.9 Å². The first-order valence-corrected chi connectivity index (χ1v) is 8.93. The summed E-state index contributed by atoms with van der Waals surface area (Å²) in [4.78, 5) is 29.3. The zero-order valence-electron chi connectivity index (χ0n) is 14.5. The number of carbonyl (C=O) groups excluding carboxylic acids is 2. The van der Waals surface area contributed by atoms with E-state index in [0.717, 1.165) is 36.8 Å². The van der Waals surface area contributed by atoms with Gasteiger partial charge in [0.15, 0.2) is 11.7 Å². The number of nitrogens with zero attached hydrogens (tertiary/aromatic N) is 2. The molecule has 5 heteroatoms. The minimum atomic E-state index is -1.34. The lowest BCUT2D eigenvalue weighted by atomic mass is 9.93. The van der Waals surface area contributed by atoms with Gasteiger partial charge >= 0.3 is 0 Å². The van der Waals surface area contributed by atoms with Crippen LogP contribution in [0, 0.1) is 17.2 Å². The number of Topliss-reactive ketones (excluding diaryl/α,β-unsaturated/α-hetero) is 1. The lowest BCUT2D eigenvalue weighted by Gasteiger charge is -2.23. The summed E-state index contributed by atoms with van der Waals surface area (Å²) in [5.41, 5.74) is 1.98. The summed E-state index contributed by atoms with van der Waals surface area (Å²) in [5, 5.41) is 12.3. The smallest absolute Gasteiger partial charge is 0.245 e. The van der Waals surface area contributed by atoms with Crippen LogP contribution in [-0.2, 0) is 4.79 Å². The minimum absolute atomic E-state index is 0.0636. The minimum Gasteiger partial charge on any atom is -0.352 e. The molecule has 0 unspecified atom stereocenters. The number of aromatic nitrogens is 1. The highest BCUT2D eigenvalue weighted by molar-refractivity contribution is 6.12. The maximum Gasteiger partial charge on any atom is 0.245 e. The molecule has 0 saturated heterocycles. The van der Waals surface area contributed by atoms with Gasteiger partial charge in [0, 0.05) is 29.6 Å². The van der Waals surface area contributed by atoms with Crippen molar-refractivity contribution < 1.29 is 9.59 Å². The Balaban J connectivity index is 1.76. The molecule has 0 aliphatic heterocycles. The molecular formula is C21H21N3O2. The van der Waals surface area contributed by atoms with Crippen molar-refractivity contribution in [3.8, 4) is 17.2 Å². The normalized spacial score (nSPS) is 15.7. The average Bonchev–Trinajstić information content (AvgIpc) is 2.70. The SMILES string of the molecule is N#C[C@@H](C(=O)NC1CCCCC1)C(=O)c1cncc(-c2ccccc2)c1. The van der Waals surface area contributed by atoms with E-state index in [1.807, 2.05) is 36.4 Å². The number of carbonyl (C=O) groups is 2. The van der Waals surface area contributed by atoms with E-state index in [1.54, 1.807) is 12.3 Å². The van der Waals surface area contributed by atoms with Crippen LogP contribution in [0.25, 0.3) is 11.1 Å². The number of benzene rings is 1. The first-order chi connectivity index (χ1) is 12.7. The zero-order chi connectivity index (χ0) is 18.4. The molecule has 1 heterocycles. The van der Waals surface area contributed by atoms with Gasteiger partial charge in [-0.25, -0.2) is 0 Å². The molecule has 1 N–H and O–H groups in total. The number of ketones is 1. The third-order valence-electron chi connectivity index (χ3n) is 4.73. The van der Waals surface area contributed by atoms with Crippen LogP contribution >= 0.6 is 0 Å². The molecule has 5 nitrogen and oxygen atoms in total. The van der Waals surface area contributed by atoms with Gasteiger partial charge in [-0.15, -0.1) is 0 Å². The predicted molar refractivity (Wildman–Crippen MR) is 98.1 cm³/mol. The van der Waals surface area contributed by atoms with Crippen molar-refractivity contribution in [1.82, 2.24) is 10.3 Å². The quantitative estimate of drug-likeness (QED) is 0.662. The second-order valence-electron chi connectivity index (χ2n) is 6.60. The van der Waals surface area contributed by atoms with E-state index in [-0.39, 0.29) is 11.6 Å². The summed E-state index contributed by atoms with van der Waals surface area (Å²) < 4.78 is 0. The van der Waals surface area contributed by atoms with E-state index in [1.165, 1.54) is 12.6 Å². The highest BCUT2D eigenvalue weighted by Gasteiger charge is 2.29. The average molecular weight is 347 g/mol. The number of amides is 1. The van der Waals surface area contributed by atoms with Gasteiger partial charge in [0.1, 0.15) is 0 Å². The third kappa shape index (κ3) is 4.15. The first kappa shape index (κ1) is 17.8. The molecule has 1 aliphatic carbocycles. The van der Waals surface area contributed by atoms with Crippen molar-refractivity contribution >= 4 is 11.7 Å². The number of rotatable bonds is 5. The number of nitriles is 1. The molecule has 2 aromatic rings. The van der Waals surface area contributed by atoms with E-state index in [2.05, 4.69) is 10.3 Å². The number of nitrogens with one attached hydrogen (secondary N) is 1. The van der Waals surface area contributed by atoms with E-state index in [0.29, 0.717) is 0 Å². The lowest BCUT2D eigenvalue weighted by Crippen LogP contribution is -2.42. The molecule has 132 valence electrons. The molecule has 1 amide bonds. The van der Waals surface area contributed by atoms with Crippen molar-refractivity contribution in [2.75, 3.05) is 0 Å². The number of hydrogen-bond acceptors (Lipinski definition) is 4. The van der Waals surface area contributed by atoms with Crippen LogP contribution in [0.15, 0.2) is 48.8 Å². The maximum absolute atomic E-state index is 12.7. The second kappa shape index (κ2) is 8.39. The van der Waals surface area contributed by atoms with Gasteiger partial charge in [0.2, 0.25) is 5.91 Å². The summed E-state index contributed by atoms with van der Waals surface area (Å²) in [6.45, 7) is 0. The molecule has 0 bridgehead atoms. The van der Waals surface area contributed by atoms with Gasteiger partial charge in [-0.05, 0) is 24.5 Å². The molecule has 1 aromatic carbocycles. The van der Waals surface area contributed by atoms with Crippen LogP contribution in [0.4, 0.5) is 0 Å². The van der Waals surface area contributed by atoms with Crippen LogP contribution in [0.2, 0.25) is 0 Å². The van der Waals surface area contributed by atoms with E-state index < -0.39 is 17.6 Å². The van der Waals surface area contributed by atoms with Gasteiger partial charge in [0.05, 0.1) is 6.07 Å². The van der Waals surface area contributed by atoms with Crippen LogP contribution in [0.3, 0.4) is 0 Å². The van der Waals surface area contributed by atoms with Gasteiger partial charge in [-0.2, -0.15) is 5.26 Å². The Morgan fingerprint density at radius 3 is 2.50 bits per heavy atom. The largest absolute Gasteiger partial charge is 0.352 e. The first-order valence-electron chi connectivity index (χ1n) is 8.93. The van der Waals surface area contributed by atoms with Crippen LogP contribution in [0.1, 0.15) is 42.5 Å². The summed E-state index contributed by atoms with van der Waals surface area (Å²) in [6.07, 6.45) is 8.19. The Kier molecular flexibility index (Phi) is 5.75. The van der Waals surface area contributed by atoms with Crippen molar-refractivity contribution in [3.05, 3.63) is 54.4 Å². The Bertz CT molecular complexity index is 821. The molecule has 1 atom stereocenters. The Morgan fingerprint density at radius 2 is 1.81 bits per heavy atom. The predicted octanol–water partition coefficient (Wildman–Crippen LogP) is 3.52. The highest BCUT2D eigenvalue weighted by atomic mass is 16.2. The second-order valence-corrected chi connectivity index (χ2v) is 6.60. The van der Waals surface area contributed by atoms with Crippen molar-refractivity contribution in [3.63, 3.8) is 0 Å². The zero-order valence-corrected chi connectivity index (χ0v) is 14.5. The highest BCUT2D eigenvalue weighted by Crippen LogP contribution is 2.21. The van der Waals surface area contributed by atoms with Gasteiger partial charge in [0.25, 0.3) is 0 Å². The fraction of sp³-hybridized carbons (Fsp3) is 0.333. The standard InChI is InChI=1S/C21H21N3O2/c22-12-19(21(26)24-18-9-5-2-6-10-18)20(25)17-11-16(13-23-14-17)15-7-3-1-4-8-15/h1,3-4,7-8,11,13-14,18-19H,2,5-6,9-10H2,(H,24,26)/t19-/m1/s1. The molecule has 0 radical (unpaired) electrons. The monoisotopic (exact) mass is 347 g/mol. The summed E-state index contributed by atoms with van der Waals surface area (Å²) in [5.74, 6) is -2.36. The molecule has 1 aliphatic rings. The van der Waals surface area contributed by atoms with Gasteiger partial charge in [-0.1, -0.05) is 49.6 Å². The molecule has 3 rings (SSSR count). The fourth-order valence-corrected chi connectivity index (χ4v) is 3.30. The van der Waals surface area contributed by atoms with Crippen molar-refractivity contribution in [2.45, 2.75) is 38.1 Å². The Morgan fingerprint density at radius 1 is 1.08 bits per heavy atom. The topological polar surface area (TPSA) is 82.9 Å². The molecule has 1 saturated carbocycles. The van der Waals surface area contributed by atoms with E-state index >= 15 is 0 Å². The molecule has 1 fully saturated rings. The van der Waals surface area contributed by atoms with Crippen molar-refractivity contribution in [1.29, 1.82) is 5.26 Å². The Hall–Kier alpha value is -3.00. The molecule has 1 aromatic heterocycles. The third-order valence-corrected chi connectivity index (χ3v) is 4.73.